The third kappa shape index (κ3) is 3.40. The number of hydrogen-bond acceptors (Lipinski definition) is 5. The maximum Gasteiger partial charge on any atom is 0.214 e. The van der Waals surface area contributed by atoms with E-state index in [1.165, 1.54) is 5.01 Å². The highest BCUT2D eigenvalue weighted by Crippen LogP contribution is 2.28. The standard InChI is InChI=1S/C14H16BrN3O2/c1-18(16)11-5-3-6-12(19-2)10(11)9-20-14-8-4-7-13(15)17-14/h3-8H,9,16H2,1-2H3. The Bertz CT molecular complexity index is 590. The fraction of sp³-hybridized carbons (Fsp3) is 0.214. The van der Waals surface area contributed by atoms with Gasteiger partial charge in [0.1, 0.15) is 17.0 Å². The van der Waals surface area contributed by atoms with Crippen molar-refractivity contribution in [1.82, 2.24) is 4.98 Å². The van der Waals surface area contributed by atoms with Crippen LogP contribution in [0.5, 0.6) is 11.6 Å². The van der Waals surface area contributed by atoms with Gasteiger partial charge in [-0.1, -0.05) is 12.1 Å². The zero-order valence-corrected chi connectivity index (χ0v) is 12.9. The summed E-state index contributed by atoms with van der Waals surface area (Å²) in [6, 6.07) is 11.2. The summed E-state index contributed by atoms with van der Waals surface area (Å²) in [7, 11) is 3.39. The van der Waals surface area contributed by atoms with Crippen LogP contribution in [-0.2, 0) is 6.61 Å². The van der Waals surface area contributed by atoms with Gasteiger partial charge >= 0.3 is 0 Å². The molecule has 0 radical (unpaired) electrons. The molecule has 6 heteroatoms. The Morgan fingerprint density at radius 2 is 2.00 bits per heavy atom. The molecule has 0 aliphatic heterocycles. The van der Waals surface area contributed by atoms with Gasteiger partial charge in [0.25, 0.3) is 0 Å². The first-order valence-corrected chi connectivity index (χ1v) is 6.80. The average Bonchev–Trinajstić information content (AvgIpc) is 2.44. The van der Waals surface area contributed by atoms with Crippen molar-refractivity contribution < 1.29 is 9.47 Å². The molecule has 0 aliphatic rings. The van der Waals surface area contributed by atoms with Crippen LogP contribution in [0.3, 0.4) is 0 Å². The molecule has 1 aromatic heterocycles. The molecule has 0 unspecified atom stereocenters. The van der Waals surface area contributed by atoms with Gasteiger partial charge in [0.05, 0.1) is 18.4 Å². The van der Waals surface area contributed by atoms with E-state index in [2.05, 4.69) is 20.9 Å². The normalized spacial score (nSPS) is 10.2. The van der Waals surface area contributed by atoms with E-state index in [-0.39, 0.29) is 0 Å². The van der Waals surface area contributed by atoms with E-state index in [9.17, 15) is 0 Å². The molecule has 106 valence electrons. The zero-order valence-electron chi connectivity index (χ0n) is 11.3. The van der Waals surface area contributed by atoms with Crippen LogP contribution in [-0.4, -0.2) is 19.1 Å². The van der Waals surface area contributed by atoms with Crippen LogP contribution in [0, 0.1) is 0 Å². The third-order valence-electron chi connectivity index (χ3n) is 2.76. The lowest BCUT2D eigenvalue weighted by Gasteiger charge is -2.19. The van der Waals surface area contributed by atoms with Crippen molar-refractivity contribution >= 4 is 21.6 Å². The summed E-state index contributed by atoms with van der Waals surface area (Å²) in [6.45, 7) is 0.324. The van der Waals surface area contributed by atoms with E-state index in [4.69, 9.17) is 15.3 Å². The second-order valence-corrected chi connectivity index (χ2v) is 4.97. The Morgan fingerprint density at radius 3 is 2.65 bits per heavy atom. The molecule has 2 aromatic rings. The van der Waals surface area contributed by atoms with E-state index in [0.717, 1.165) is 21.6 Å². The van der Waals surface area contributed by atoms with Crippen LogP contribution in [0.2, 0.25) is 0 Å². The first-order valence-electron chi connectivity index (χ1n) is 6.01. The van der Waals surface area contributed by atoms with Crippen LogP contribution in [0.25, 0.3) is 0 Å². The summed E-state index contributed by atoms with van der Waals surface area (Å²) < 4.78 is 11.8. The second kappa shape index (κ2) is 6.58. The molecule has 0 fully saturated rings. The molecule has 0 bridgehead atoms. The lowest BCUT2D eigenvalue weighted by molar-refractivity contribution is 0.285. The molecule has 1 heterocycles. The Labute approximate surface area is 126 Å². The lowest BCUT2D eigenvalue weighted by Crippen LogP contribution is -2.26. The number of aromatic nitrogens is 1. The molecular weight excluding hydrogens is 322 g/mol. The molecular formula is C14H16BrN3O2. The molecule has 5 nitrogen and oxygen atoms in total. The van der Waals surface area contributed by atoms with Gasteiger partial charge in [0.2, 0.25) is 5.88 Å². The summed E-state index contributed by atoms with van der Waals surface area (Å²) in [5, 5.41) is 1.54. The van der Waals surface area contributed by atoms with Crippen molar-refractivity contribution in [2.24, 2.45) is 5.84 Å². The highest BCUT2D eigenvalue weighted by Gasteiger charge is 2.12. The number of hydrazine groups is 1. The molecule has 0 saturated carbocycles. The van der Waals surface area contributed by atoms with E-state index in [0.29, 0.717) is 12.5 Å². The maximum absolute atomic E-state index is 5.83. The van der Waals surface area contributed by atoms with Crippen LogP contribution in [0.4, 0.5) is 5.69 Å². The van der Waals surface area contributed by atoms with Crippen molar-refractivity contribution in [1.29, 1.82) is 0 Å². The van der Waals surface area contributed by atoms with E-state index in [1.807, 2.05) is 30.3 Å². The number of nitrogens with zero attached hydrogens (tertiary/aromatic N) is 2. The van der Waals surface area contributed by atoms with Crippen molar-refractivity contribution in [3.05, 3.63) is 46.6 Å². The zero-order chi connectivity index (χ0) is 14.5. The molecule has 2 rings (SSSR count). The Morgan fingerprint density at radius 1 is 1.25 bits per heavy atom. The molecule has 0 saturated heterocycles. The highest BCUT2D eigenvalue weighted by atomic mass is 79.9. The number of hydrogen-bond donors (Lipinski definition) is 1. The number of rotatable bonds is 5. The van der Waals surface area contributed by atoms with Crippen LogP contribution >= 0.6 is 15.9 Å². The van der Waals surface area contributed by atoms with Crippen molar-refractivity contribution in [2.45, 2.75) is 6.61 Å². The summed E-state index contributed by atoms with van der Waals surface area (Å²) >= 11 is 3.31. The van der Waals surface area contributed by atoms with Gasteiger partial charge in [0.15, 0.2) is 0 Å². The number of benzene rings is 1. The topological polar surface area (TPSA) is 60.6 Å². The first kappa shape index (κ1) is 14.6. The highest BCUT2D eigenvalue weighted by molar-refractivity contribution is 9.10. The van der Waals surface area contributed by atoms with Gasteiger partial charge in [0, 0.05) is 13.1 Å². The van der Waals surface area contributed by atoms with Gasteiger partial charge in [-0.2, -0.15) is 0 Å². The predicted molar refractivity (Wildman–Crippen MR) is 81.9 cm³/mol. The SMILES string of the molecule is COc1cccc(N(C)N)c1COc1cccc(Br)n1. The Hall–Kier alpha value is -1.79. The molecule has 0 amide bonds. The number of methoxy groups -OCH3 is 1. The molecule has 0 spiro atoms. The Balaban J connectivity index is 2.24. The average molecular weight is 338 g/mol. The fourth-order valence-electron chi connectivity index (χ4n) is 1.84. The largest absolute Gasteiger partial charge is 0.496 e. The lowest BCUT2D eigenvalue weighted by atomic mass is 10.1. The minimum absolute atomic E-state index is 0.324. The van der Waals surface area contributed by atoms with Crippen LogP contribution in [0.1, 0.15) is 5.56 Å². The van der Waals surface area contributed by atoms with Crippen LogP contribution < -0.4 is 20.3 Å². The van der Waals surface area contributed by atoms with Crippen molar-refractivity contribution in [2.75, 3.05) is 19.2 Å². The molecule has 0 aliphatic carbocycles. The summed E-state index contributed by atoms with van der Waals surface area (Å²) in [4.78, 5) is 4.23. The van der Waals surface area contributed by atoms with Crippen molar-refractivity contribution in [3.8, 4) is 11.6 Å². The van der Waals surface area contributed by atoms with Gasteiger partial charge in [-0.25, -0.2) is 10.8 Å². The van der Waals surface area contributed by atoms with E-state index >= 15 is 0 Å². The summed E-state index contributed by atoms with van der Waals surface area (Å²) in [5.41, 5.74) is 1.72. The number of ether oxygens (including phenoxy) is 2. The minimum Gasteiger partial charge on any atom is -0.496 e. The van der Waals surface area contributed by atoms with Crippen molar-refractivity contribution in [3.63, 3.8) is 0 Å². The summed E-state index contributed by atoms with van der Waals surface area (Å²) in [5.74, 6) is 7.10. The van der Waals surface area contributed by atoms with Gasteiger partial charge < -0.3 is 14.5 Å². The van der Waals surface area contributed by atoms with Crippen LogP contribution in [0.15, 0.2) is 41.0 Å². The fourth-order valence-corrected chi connectivity index (χ4v) is 2.16. The minimum atomic E-state index is 0.324. The predicted octanol–water partition coefficient (Wildman–Crippen LogP) is 2.74. The smallest absolute Gasteiger partial charge is 0.214 e. The van der Waals surface area contributed by atoms with E-state index < -0.39 is 0 Å². The number of nitrogens with two attached hydrogens (primary N) is 1. The quantitative estimate of drug-likeness (QED) is 0.516. The number of anilines is 1. The molecule has 0 atom stereocenters. The van der Waals surface area contributed by atoms with E-state index in [1.54, 1.807) is 20.2 Å². The number of pyridine rings is 1. The summed E-state index contributed by atoms with van der Waals surface area (Å²) in [6.07, 6.45) is 0. The molecule has 20 heavy (non-hydrogen) atoms. The third-order valence-corrected chi connectivity index (χ3v) is 3.20. The van der Waals surface area contributed by atoms with Gasteiger partial charge in [-0.15, -0.1) is 0 Å². The molecule has 2 N–H and O–H groups in total. The number of halogens is 1. The second-order valence-electron chi connectivity index (χ2n) is 4.16. The Kier molecular flexibility index (Phi) is 4.81. The monoisotopic (exact) mass is 337 g/mol. The van der Waals surface area contributed by atoms with Gasteiger partial charge in [-0.3, -0.25) is 0 Å². The van der Waals surface area contributed by atoms with Gasteiger partial charge in [-0.05, 0) is 34.1 Å². The molecule has 1 aromatic carbocycles. The first-order chi connectivity index (χ1) is 9.61. The maximum atomic E-state index is 5.83.